The second-order valence-electron chi connectivity index (χ2n) is 5.61. The van der Waals surface area contributed by atoms with Crippen LogP contribution in [0.1, 0.15) is 30.4 Å². The lowest BCUT2D eigenvalue weighted by Crippen LogP contribution is -2.22. The minimum absolute atomic E-state index is 0.121. The van der Waals surface area contributed by atoms with Gasteiger partial charge >= 0.3 is 0 Å². The van der Waals surface area contributed by atoms with E-state index < -0.39 is 0 Å². The summed E-state index contributed by atoms with van der Waals surface area (Å²) in [4.78, 5) is 21.3. The van der Waals surface area contributed by atoms with Crippen LogP contribution in [0.25, 0.3) is 0 Å². The molecular formula is C17H18FN3OS. The molecule has 4 nitrogen and oxygen atoms in total. The molecule has 0 spiro atoms. The second-order valence-corrected chi connectivity index (χ2v) is 6.94. The van der Waals surface area contributed by atoms with Gasteiger partial charge in [-0.2, -0.15) is 0 Å². The van der Waals surface area contributed by atoms with Crippen LogP contribution in [0.4, 0.5) is 10.1 Å². The van der Waals surface area contributed by atoms with Crippen molar-refractivity contribution < 1.29 is 9.18 Å². The third-order valence-electron chi connectivity index (χ3n) is 3.78. The molecule has 3 rings (SSSR count). The standard InChI is InChI=1S/C17H18FN3OS/c1-10(16(22)21-13-8-6-12(18)7-9-13)23-17-14-4-3-5-15(14)19-11(2)20-17/h6-10H,3-5H2,1-2H3,(H,21,22)/t10-/m0/s1. The molecule has 1 N–H and O–H groups in total. The zero-order chi connectivity index (χ0) is 16.4. The van der Waals surface area contributed by atoms with Gasteiger partial charge in [0, 0.05) is 16.9 Å². The van der Waals surface area contributed by atoms with Crippen molar-refractivity contribution in [2.45, 2.75) is 43.4 Å². The molecule has 120 valence electrons. The van der Waals surface area contributed by atoms with Crippen molar-refractivity contribution >= 4 is 23.4 Å². The number of rotatable bonds is 4. The predicted molar refractivity (Wildman–Crippen MR) is 89.1 cm³/mol. The van der Waals surface area contributed by atoms with E-state index in [0.29, 0.717) is 5.69 Å². The lowest BCUT2D eigenvalue weighted by molar-refractivity contribution is -0.115. The maximum Gasteiger partial charge on any atom is 0.237 e. The van der Waals surface area contributed by atoms with Gasteiger partial charge in [-0.3, -0.25) is 4.79 Å². The molecule has 0 saturated carbocycles. The molecule has 1 amide bonds. The summed E-state index contributed by atoms with van der Waals surface area (Å²) in [7, 11) is 0. The molecule has 0 bridgehead atoms. The number of amides is 1. The fourth-order valence-corrected chi connectivity index (χ4v) is 3.66. The largest absolute Gasteiger partial charge is 0.325 e. The molecule has 0 unspecified atom stereocenters. The number of hydrogen-bond donors (Lipinski definition) is 1. The van der Waals surface area contributed by atoms with Crippen LogP contribution in [0.2, 0.25) is 0 Å². The Morgan fingerprint density at radius 2 is 2.00 bits per heavy atom. The van der Waals surface area contributed by atoms with Crippen LogP contribution in [0.15, 0.2) is 29.3 Å². The van der Waals surface area contributed by atoms with Crippen LogP contribution in [-0.2, 0) is 17.6 Å². The molecule has 0 aliphatic heterocycles. The zero-order valence-corrected chi connectivity index (χ0v) is 13.9. The Hall–Kier alpha value is -1.95. The summed E-state index contributed by atoms with van der Waals surface area (Å²) in [5.74, 6) is 0.307. The maximum absolute atomic E-state index is 12.9. The lowest BCUT2D eigenvalue weighted by Gasteiger charge is -2.14. The minimum Gasteiger partial charge on any atom is -0.325 e. The number of hydrogen-bond acceptors (Lipinski definition) is 4. The first-order chi connectivity index (χ1) is 11.0. The Bertz CT molecular complexity index is 733. The van der Waals surface area contributed by atoms with E-state index in [1.165, 1.54) is 29.5 Å². The second kappa shape index (κ2) is 6.66. The number of carbonyl (C=O) groups is 1. The number of aromatic nitrogens is 2. The first-order valence-electron chi connectivity index (χ1n) is 7.62. The van der Waals surface area contributed by atoms with Crippen LogP contribution in [0.5, 0.6) is 0 Å². The van der Waals surface area contributed by atoms with Crippen LogP contribution in [-0.4, -0.2) is 21.1 Å². The third kappa shape index (κ3) is 3.69. The SMILES string of the molecule is Cc1nc2c(c(S[C@@H](C)C(=O)Nc3ccc(F)cc3)n1)CCC2. The van der Waals surface area contributed by atoms with Crippen molar-refractivity contribution in [3.63, 3.8) is 0 Å². The van der Waals surface area contributed by atoms with Gasteiger partial charge in [-0.15, -0.1) is 0 Å². The lowest BCUT2D eigenvalue weighted by atomic mass is 10.3. The molecule has 1 atom stereocenters. The molecule has 0 fully saturated rings. The van der Waals surface area contributed by atoms with E-state index in [0.717, 1.165) is 35.8 Å². The van der Waals surface area contributed by atoms with Gasteiger partial charge in [0.2, 0.25) is 5.91 Å². The van der Waals surface area contributed by atoms with Crippen LogP contribution >= 0.6 is 11.8 Å². The fraction of sp³-hybridized carbons (Fsp3) is 0.353. The van der Waals surface area contributed by atoms with Gasteiger partial charge in [-0.1, -0.05) is 11.8 Å². The number of carbonyl (C=O) groups excluding carboxylic acids is 1. The van der Waals surface area contributed by atoms with E-state index in [1.54, 1.807) is 12.1 Å². The summed E-state index contributed by atoms with van der Waals surface area (Å²) in [6.07, 6.45) is 3.06. The smallest absolute Gasteiger partial charge is 0.237 e. The van der Waals surface area contributed by atoms with Crippen LogP contribution in [0, 0.1) is 12.7 Å². The fourth-order valence-electron chi connectivity index (χ4n) is 2.61. The Morgan fingerprint density at radius 3 is 2.74 bits per heavy atom. The number of benzene rings is 1. The molecule has 6 heteroatoms. The first kappa shape index (κ1) is 15.9. The number of nitrogens with one attached hydrogen (secondary N) is 1. The molecule has 1 heterocycles. The number of anilines is 1. The van der Waals surface area contributed by atoms with Gasteiger partial charge in [0.15, 0.2) is 0 Å². The summed E-state index contributed by atoms with van der Waals surface area (Å²) >= 11 is 1.46. The van der Waals surface area contributed by atoms with E-state index in [9.17, 15) is 9.18 Å². The highest BCUT2D eigenvalue weighted by Crippen LogP contribution is 2.32. The van der Waals surface area contributed by atoms with Gasteiger partial charge in [-0.05, 0) is 57.4 Å². The molecule has 2 aromatic rings. The van der Waals surface area contributed by atoms with Gasteiger partial charge in [0.05, 0.1) is 5.25 Å². The third-order valence-corrected chi connectivity index (χ3v) is 4.90. The van der Waals surface area contributed by atoms with Crippen LogP contribution < -0.4 is 5.32 Å². The van der Waals surface area contributed by atoms with Crippen LogP contribution in [0.3, 0.4) is 0 Å². The molecule has 23 heavy (non-hydrogen) atoms. The van der Waals surface area contributed by atoms with Gasteiger partial charge in [0.25, 0.3) is 0 Å². The minimum atomic E-state index is -0.322. The topological polar surface area (TPSA) is 54.9 Å². The highest BCUT2D eigenvalue weighted by molar-refractivity contribution is 8.00. The Morgan fingerprint density at radius 1 is 1.26 bits per heavy atom. The van der Waals surface area contributed by atoms with E-state index in [1.807, 2.05) is 13.8 Å². The molecule has 1 aromatic carbocycles. The van der Waals surface area contributed by atoms with Crippen molar-refractivity contribution in [3.8, 4) is 0 Å². The van der Waals surface area contributed by atoms with Crippen molar-refractivity contribution in [2.75, 3.05) is 5.32 Å². The highest BCUT2D eigenvalue weighted by atomic mass is 32.2. The van der Waals surface area contributed by atoms with E-state index in [4.69, 9.17) is 0 Å². The van der Waals surface area contributed by atoms with Gasteiger partial charge < -0.3 is 5.32 Å². The normalized spacial score (nSPS) is 14.4. The molecular weight excluding hydrogens is 313 g/mol. The van der Waals surface area contributed by atoms with E-state index in [-0.39, 0.29) is 17.0 Å². The number of halogens is 1. The molecule has 0 saturated heterocycles. The summed E-state index contributed by atoms with van der Waals surface area (Å²) in [6, 6.07) is 5.76. The number of aryl methyl sites for hydroxylation is 2. The van der Waals surface area contributed by atoms with E-state index in [2.05, 4.69) is 15.3 Å². The average molecular weight is 331 g/mol. The maximum atomic E-state index is 12.9. The predicted octanol–water partition coefficient (Wildman–Crippen LogP) is 3.53. The molecule has 1 aromatic heterocycles. The first-order valence-corrected chi connectivity index (χ1v) is 8.50. The quantitative estimate of drug-likeness (QED) is 0.688. The van der Waals surface area contributed by atoms with E-state index >= 15 is 0 Å². The zero-order valence-electron chi connectivity index (χ0n) is 13.1. The molecule has 1 aliphatic carbocycles. The highest BCUT2D eigenvalue weighted by Gasteiger charge is 2.22. The average Bonchev–Trinajstić information content (AvgIpc) is 2.97. The summed E-state index contributed by atoms with van der Waals surface area (Å²) in [5.41, 5.74) is 2.89. The van der Waals surface area contributed by atoms with Crippen molar-refractivity contribution in [1.29, 1.82) is 0 Å². The van der Waals surface area contributed by atoms with Crippen molar-refractivity contribution in [1.82, 2.24) is 9.97 Å². The summed E-state index contributed by atoms with van der Waals surface area (Å²) < 4.78 is 12.9. The summed E-state index contributed by atoms with van der Waals surface area (Å²) in [6.45, 7) is 3.73. The molecule has 0 radical (unpaired) electrons. The Labute approximate surface area is 138 Å². The Balaban J connectivity index is 1.70. The Kier molecular flexibility index (Phi) is 4.61. The monoisotopic (exact) mass is 331 g/mol. The number of fused-ring (bicyclic) bond motifs is 1. The molecule has 1 aliphatic rings. The van der Waals surface area contributed by atoms with Crippen molar-refractivity contribution in [2.24, 2.45) is 0 Å². The number of nitrogens with zero attached hydrogens (tertiary/aromatic N) is 2. The van der Waals surface area contributed by atoms with Crippen molar-refractivity contribution in [3.05, 3.63) is 47.2 Å². The van der Waals surface area contributed by atoms with Gasteiger partial charge in [0.1, 0.15) is 16.7 Å². The summed E-state index contributed by atoms with van der Waals surface area (Å²) in [5, 5.41) is 3.42. The van der Waals surface area contributed by atoms with Gasteiger partial charge in [-0.25, -0.2) is 14.4 Å². The number of thioether (sulfide) groups is 1.